The van der Waals surface area contributed by atoms with E-state index in [0.717, 1.165) is 22.2 Å². The molecule has 0 aliphatic carbocycles. The number of fused-ring (bicyclic) bond motifs is 1. The number of pyridine rings is 1. The van der Waals surface area contributed by atoms with E-state index < -0.39 is 0 Å². The fraction of sp³-hybridized carbons (Fsp3) is 0.211. The number of benzene rings is 2. The van der Waals surface area contributed by atoms with Gasteiger partial charge in [-0.15, -0.1) is 0 Å². The predicted molar refractivity (Wildman–Crippen MR) is 96.6 cm³/mol. The molecule has 1 heterocycles. The third-order valence-electron chi connectivity index (χ3n) is 4.00. The molecule has 0 fully saturated rings. The van der Waals surface area contributed by atoms with E-state index in [1.165, 1.54) is 12.1 Å². The zero-order valence-corrected chi connectivity index (χ0v) is 14.6. The Morgan fingerprint density at radius 1 is 1.04 bits per heavy atom. The largest absolute Gasteiger partial charge is 0.308 e. The molecule has 0 radical (unpaired) electrons. The minimum absolute atomic E-state index is 0.0101. The van der Waals surface area contributed by atoms with Gasteiger partial charge < -0.3 is 4.57 Å². The van der Waals surface area contributed by atoms with Crippen molar-refractivity contribution in [3.63, 3.8) is 0 Å². The van der Waals surface area contributed by atoms with Crippen LogP contribution in [-0.2, 0) is 5.33 Å². The smallest absolute Gasteiger partial charge is 0.258 e. The minimum atomic E-state index is -0.268. The van der Waals surface area contributed by atoms with Gasteiger partial charge in [0.05, 0.1) is 0 Å². The maximum Gasteiger partial charge on any atom is 0.258 e. The Bertz CT molecular complexity index is 913. The molecule has 3 aromatic rings. The van der Waals surface area contributed by atoms with Gasteiger partial charge in [0.1, 0.15) is 5.82 Å². The average molecular weight is 374 g/mol. The van der Waals surface area contributed by atoms with Crippen LogP contribution in [-0.4, -0.2) is 4.57 Å². The van der Waals surface area contributed by atoms with Crippen molar-refractivity contribution in [1.29, 1.82) is 0 Å². The van der Waals surface area contributed by atoms with Gasteiger partial charge in [0.15, 0.2) is 0 Å². The Morgan fingerprint density at radius 3 is 2.22 bits per heavy atom. The third-order valence-corrected chi connectivity index (χ3v) is 4.53. The van der Waals surface area contributed by atoms with E-state index in [1.54, 1.807) is 12.1 Å². The number of hydrogen-bond donors (Lipinski definition) is 0. The fourth-order valence-electron chi connectivity index (χ4n) is 3.03. The average Bonchev–Trinajstić information content (AvgIpc) is 2.55. The van der Waals surface area contributed by atoms with Crippen LogP contribution in [0.1, 0.15) is 25.6 Å². The molecule has 0 saturated heterocycles. The lowest BCUT2D eigenvalue weighted by Gasteiger charge is -2.21. The monoisotopic (exact) mass is 373 g/mol. The van der Waals surface area contributed by atoms with Crippen molar-refractivity contribution >= 4 is 26.7 Å². The number of rotatable bonds is 3. The highest BCUT2D eigenvalue weighted by Gasteiger charge is 2.18. The molecule has 0 unspecified atom stereocenters. The summed E-state index contributed by atoms with van der Waals surface area (Å²) in [5.74, 6) is -0.268. The zero-order chi connectivity index (χ0) is 16.6. The first-order chi connectivity index (χ1) is 11.0. The zero-order valence-electron chi connectivity index (χ0n) is 13.0. The second-order valence-corrected chi connectivity index (χ2v) is 6.34. The van der Waals surface area contributed by atoms with Crippen molar-refractivity contribution in [3.8, 4) is 11.1 Å². The van der Waals surface area contributed by atoms with Crippen LogP contribution in [0.15, 0.2) is 53.3 Å². The van der Waals surface area contributed by atoms with Crippen molar-refractivity contribution < 1.29 is 4.39 Å². The second kappa shape index (κ2) is 6.28. The van der Waals surface area contributed by atoms with E-state index in [0.29, 0.717) is 10.7 Å². The first-order valence-electron chi connectivity index (χ1n) is 7.52. The van der Waals surface area contributed by atoms with E-state index in [1.807, 2.05) is 42.7 Å². The lowest BCUT2D eigenvalue weighted by atomic mass is 9.97. The maximum atomic E-state index is 13.3. The Balaban J connectivity index is 2.50. The summed E-state index contributed by atoms with van der Waals surface area (Å²) in [5, 5.41) is 2.14. The predicted octanol–water partition coefficient (Wildman–Crippen LogP) is 5.28. The van der Waals surface area contributed by atoms with Crippen molar-refractivity contribution in [3.05, 3.63) is 70.4 Å². The molecular weight excluding hydrogens is 357 g/mol. The standard InChI is InChI=1S/C19H17BrFNO/c1-12(2)22-17(11-20)18(13-7-9-14(21)10-8-13)15-5-3-4-6-16(15)19(22)23/h3-10,12H,11H2,1-2H3. The van der Waals surface area contributed by atoms with Gasteiger partial charge in [-0.25, -0.2) is 4.39 Å². The number of alkyl halides is 1. The van der Waals surface area contributed by atoms with E-state index in [4.69, 9.17) is 0 Å². The van der Waals surface area contributed by atoms with E-state index in [2.05, 4.69) is 15.9 Å². The SMILES string of the molecule is CC(C)n1c(CBr)c(-c2ccc(F)cc2)c2ccccc2c1=O. The van der Waals surface area contributed by atoms with E-state index in [9.17, 15) is 9.18 Å². The van der Waals surface area contributed by atoms with Gasteiger partial charge in [0.25, 0.3) is 5.56 Å². The van der Waals surface area contributed by atoms with Gasteiger partial charge in [-0.1, -0.05) is 46.3 Å². The lowest BCUT2D eigenvalue weighted by molar-refractivity contribution is 0.567. The highest BCUT2D eigenvalue weighted by Crippen LogP contribution is 2.33. The van der Waals surface area contributed by atoms with Crippen LogP contribution in [0.2, 0.25) is 0 Å². The molecule has 2 nitrogen and oxygen atoms in total. The van der Waals surface area contributed by atoms with Crippen LogP contribution in [0, 0.1) is 5.82 Å². The third kappa shape index (κ3) is 2.72. The Labute approximate surface area is 142 Å². The van der Waals surface area contributed by atoms with Crippen molar-refractivity contribution in [2.24, 2.45) is 0 Å². The Morgan fingerprint density at radius 2 is 1.65 bits per heavy atom. The van der Waals surface area contributed by atoms with Crippen LogP contribution >= 0.6 is 15.9 Å². The summed E-state index contributed by atoms with van der Waals surface area (Å²) >= 11 is 3.53. The van der Waals surface area contributed by atoms with Crippen LogP contribution in [0.25, 0.3) is 21.9 Å². The second-order valence-electron chi connectivity index (χ2n) is 5.78. The Hall–Kier alpha value is -1.94. The van der Waals surface area contributed by atoms with Crippen molar-refractivity contribution in [2.45, 2.75) is 25.2 Å². The normalized spacial score (nSPS) is 11.3. The first-order valence-corrected chi connectivity index (χ1v) is 8.64. The number of hydrogen-bond acceptors (Lipinski definition) is 1. The summed E-state index contributed by atoms with van der Waals surface area (Å²) in [6.45, 7) is 3.99. The minimum Gasteiger partial charge on any atom is -0.308 e. The molecule has 23 heavy (non-hydrogen) atoms. The summed E-state index contributed by atoms with van der Waals surface area (Å²) in [5.41, 5.74) is 2.81. The van der Waals surface area contributed by atoms with Gasteiger partial charge >= 0.3 is 0 Å². The topological polar surface area (TPSA) is 22.0 Å². The van der Waals surface area contributed by atoms with Gasteiger partial charge in [-0.2, -0.15) is 0 Å². The van der Waals surface area contributed by atoms with Crippen LogP contribution in [0.5, 0.6) is 0 Å². The van der Waals surface area contributed by atoms with Gasteiger partial charge in [-0.3, -0.25) is 4.79 Å². The summed E-state index contributed by atoms with van der Waals surface area (Å²) in [6, 6.07) is 14.1. The fourth-order valence-corrected chi connectivity index (χ4v) is 3.58. The molecule has 0 atom stereocenters. The molecule has 1 aromatic heterocycles. The molecule has 118 valence electrons. The quantitative estimate of drug-likeness (QED) is 0.572. The van der Waals surface area contributed by atoms with Gasteiger partial charge in [-0.05, 0) is 43.0 Å². The molecule has 2 aromatic carbocycles. The Kier molecular flexibility index (Phi) is 4.35. The molecule has 0 aliphatic heterocycles. The molecule has 0 N–H and O–H groups in total. The molecule has 3 rings (SSSR count). The van der Waals surface area contributed by atoms with E-state index >= 15 is 0 Å². The van der Waals surface area contributed by atoms with Crippen molar-refractivity contribution in [1.82, 2.24) is 4.57 Å². The molecule has 0 spiro atoms. The highest BCUT2D eigenvalue weighted by atomic mass is 79.9. The first kappa shape index (κ1) is 15.9. The molecule has 0 amide bonds. The summed E-state index contributed by atoms with van der Waals surface area (Å²) in [7, 11) is 0. The van der Waals surface area contributed by atoms with Gasteiger partial charge in [0.2, 0.25) is 0 Å². The van der Waals surface area contributed by atoms with Crippen LogP contribution < -0.4 is 5.56 Å². The highest BCUT2D eigenvalue weighted by molar-refractivity contribution is 9.08. The summed E-state index contributed by atoms with van der Waals surface area (Å²) < 4.78 is 15.1. The number of nitrogens with zero attached hydrogens (tertiary/aromatic N) is 1. The van der Waals surface area contributed by atoms with Gasteiger partial charge in [0, 0.05) is 28.0 Å². The molecular formula is C19H17BrFNO. The summed E-state index contributed by atoms with van der Waals surface area (Å²) in [6.07, 6.45) is 0. The molecule has 4 heteroatoms. The van der Waals surface area contributed by atoms with E-state index in [-0.39, 0.29) is 17.4 Å². The molecule has 0 saturated carbocycles. The lowest BCUT2D eigenvalue weighted by Crippen LogP contribution is -2.26. The van der Waals surface area contributed by atoms with Crippen LogP contribution in [0.3, 0.4) is 0 Å². The number of halogens is 2. The van der Waals surface area contributed by atoms with Crippen LogP contribution in [0.4, 0.5) is 4.39 Å². The summed E-state index contributed by atoms with van der Waals surface area (Å²) in [4.78, 5) is 12.9. The maximum absolute atomic E-state index is 13.3. The molecule has 0 bridgehead atoms. The van der Waals surface area contributed by atoms with Crippen molar-refractivity contribution in [2.75, 3.05) is 0 Å². The number of aromatic nitrogens is 1. The molecule has 0 aliphatic rings.